The Hall–Kier alpha value is -2.93. The highest BCUT2D eigenvalue weighted by Crippen LogP contribution is 2.27. The molecule has 0 saturated heterocycles. The Kier molecular flexibility index (Phi) is 5.62. The highest BCUT2D eigenvalue weighted by atomic mass is 16.5. The Morgan fingerprint density at radius 1 is 0.885 bits per heavy atom. The fourth-order valence-electron chi connectivity index (χ4n) is 2.29. The molecule has 1 heterocycles. The highest BCUT2D eigenvalue weighted by Gasteiger charge is 2.22. The monoisotopic (exact) mass is 357 g/mol. The number of nitrogens with zero attached hydrogens (tertiary/aromatic N) is 2. The van der Waals surface area contributed by atoms with Gasteiger partial charge in [0.25, 0.3) is 0 Å². The maximum Gasteiger partial charge on any atom is 0.356 e. The van der Waals surface area contributed by atoms with Crippen LogP contribution in [0.25, 0.3) is 11.1 Å². The Balaban J connectivity index is 2.47. The van der Waals surface area contributed by atoms with Crippen LogP contribution in [-0.4, -0.2) is 36.7 Å². The SMILES string of the molecule is COC(=O)c1cc(-c2ccc(N([O])C(C)(C)C)cc2)cc(C(=O)OC)n1. The van der Waals surface area contributed by atoms with Gasteiger partial charge in [-0.05, 0) is 56.2 Å². The van der Waals surface area contributed by atoms with Gasteiger partial charge in [-0.1, -0.05) is 17.3 Å². The third kappa shape index (κ3) is 4.18. The van der Waals surface area contributed by atoms with Crippen LogP contribution in [0.2, 0.25) is 0 Å². The normalized spacial score (nSPS) is 11.0. The number of rotatable bonds is 4. The highest BCUT2D eigenvalue weighted by molar-refractivity contribution is 5.94. The van der Waals surface area contributed by atoms with E-state index < -0.39 is 17.5 Å². The lowest BCUT2D eigenvalue weighted by atomic mass is 10.0. The number of methoxy groups -OCH3 is 2. The zero-order valence-electron chi connectivity index (χ0n) is 15.4. The van der Waals surface area contributed by atoms with Gasteiger partial charge in [-0.2, -0.15) is 0 Å². The summed E-state index contributed by atoms with van der Waals surface area (Å²) in [5, 5.41) is 13.2. The molecule has 0 atom stereocenters. The number of esters is 2. The fourth-order valence-corrected chi connectivity index (χ4v) is 2.29. The topological polar surface area (TPSA) is 88.6 Å². The van der Waals surface area contributed by atoms with Crippen LogP contribution in [0.5, 0.6) is 0 Å². The van der Waals surface area contributed by atoms with Crippen molar-refractivity contribution in [3.05, 3.63) is 47.8 Å². The first-order valence-electron chi connectivity index (χ1n) is 7.94. The summed E-state index contributed by atoms with van der Waals surface area (Å²) >= 11 is 0. The number of pyridine rings is 1. The van der Waals surface area contributed by atoms with Crippen LogP contribution in [0.1, 0.15) is 41.7 Å². The van der Waals surface area contributed by atoms with E-state index in [4.69, 9.17) is 0 Å². The number of hydrogen-bond donors (Lipinski definition) is 0. The molecule has 0 saturated carbocycles. The van der Waals surface area contributed by atoms with E-state index in [0.29, 0.717) is 16.8 Å². The molecule has 2 aromatic rings. The van der Waals surface area contributed by atoms with E-state index in [1.54, 1.807) is 24.3 Å². The van der Waals surface area contributed by atoms with Gasteiger partial charge in [-0.3, -0.25) is 0 Å². The van der Waals surface area contributed by atoms with E-state index in [9.17, 15) is 14.8 Å². The van der Waals surface area contributed by atoms with Crippen LogP contribution in [0.3, 0.4) is 0 Å². The van der Waals surface area contributed by atoms with Crippen molar-refractivity contribution in [3.8, 4) is 11.1 Å². The molecule has 137 valence electrons. The smallest absolute Gasteiger partial charge is 0.356 e. The lowest BCUT2D eigenvalue weighted by Gasteiger charge is -2.28. The van der Waals surface area contributed by atoms with Gasteiger partial charge in [-0.25, -0.2) is 19.6 Å². The van der Waals surface area contributed by atoms with Gasteiger partial charge in [0, 0.05) is 0 Å². The minimum Gasteiger partial charge on any atom is -0.464 e. The molecule has 7 nitrogen and oxygen atoms in total. The first kappa shape index (κ1) is 19.4. The van der Waals surface area contributed by atoms with Crippen molar-refractivity contribution in [2.75, 3.05) is 19.3 Å². The summed E-state index contributed by atoms with van der Waals surface area (Å²) in [7, 11) is 2.47. The minimum atomic E-state index is -0.660. The largest absolute Gasteiger partial charge is 0.464 e. The molecule has 7 heteroatoms. The Labute approximate surface area is 152 Å². The van der Waals surface area contributed by atoms with Crippen molar-refractivity contribution in [1.82, 2.24) is 4.98 Å². The van der Waals surface area contributed by atoms with Crippen molar-refractivity contribution in [3.63, 3.8) is 0 Å². The lowest BCUT2D eigenvalue weighted by molar-refractivity contribution is 0.0586. The zero-order chi connectivity index (χ0) is 19.5. The third-order valence-corrected chi connectivity index (χ3v) is 3.66. The van der Waals surface area contributed by atoms with E-state index in [1.165, 1.54) is 26.4 Å². The molecule has 2 rings (SSSR count). The van der Waals surface area contributed by atoms with Crippen LogP contribution in [-0.2, 0) is 14.7 Å². The molecule has 0 N–H and O–H groups in total. The number of benzene rings is 1. The number of carbonyl (C=O) groups excluding carboxylic acids is 2. The molecule has 0 fully saturated rings. The lowest BCUT2D eigenvalue weighted by Crippen LogP contribution is -2.37. The molecule has 0 unspecified atom stereocenters. The Bertz CT molecular complexity index is 775. The molecule has 0 aliphatic carbocycles. The van der Waals surface area contributed by atoms with Gasteiger partial charge < -0.3 is 9.47 Å². The average molecular weight is 357 g/mol. The van der Waals surface area contributed by atoms with Crippen LogP contribution in [0.4, 0.5) is 5.69 Å². The Morgan fingerprint density at radius 2 is 1.35 bits per heavy atom. The number of aromatic nitrogens is 1. The predicted molar refractivity (Wildman–Crippen MR) is 95.3 cm³/mol. The fraction of sp³-hybridized carbons (Fsp3) is 0.316. The van der Waals surface area contributed by atoms with Crippen LogP contribution in [0.15, 0.2) is 36.4 Å². The van der Waals surface area contributed by atoms with Crippen molar-refractivity contribution in [2.45, 2.75) is 26.3 Å². The summed E-state index contributed by atoms with van der Waals surface area (Å²) in [5.74, 6) is -1.32. The second-order valence-corrected chi connectivity index (χ2v) is 6.62. The van der Waals surface area contributed by atoms with Gasteiger partial charge >= 0.3 is 11.9 Å². The number of ether oxygens (including phenoxy) is 2. The third-order valence-electron chi connectivity index (χ3n) is 3.66. The van der Waals surface area contributed by atoms with Gasteiger partial charge in [0.05, 0.1) is 25.4 Å². The zero-order valence-corrected chi connectivity index (χ0v) is 15.4. The molecule has 0 spiro atoms. The van der Waals surface area contributed by atoms with Crippen molar-refractivity contribution in [1.29, 1.82) is 0 Å². The predicted octanol–water partition coefficient (Wildman–Crippen LogP) is 3.27. The van der Waals surface area contributed by atoms with Crippen molar-refractivity contribution >= 4 is 17.6 Å². The summed E-state index contributed by atoms with van der Waals surface area (Å²) in [6, 6.07) is 9.89. The standard InChI is InChI=1S/C19H21N2O5/c1-19(2,3)21(24)14-8-6-12(7-9-14)13-10-15(17(22)25-4)20-16(11-13)18(23)26-5/h6-11H,1-5H3. The Morgan fingerprint density at radius 3 is 1.73 bits per heavy atom. The molecule has 0 bridgehead atoms. The summed E-state index contributed by atoms with van der Waals surface area (Å²) < 4.78 is 9.36. The first-order chi connectivity index (χ1) is 12.2. The van der Waals surface area contributed by atoms with Gasteiger partial charge in [0.15, 0.2) is 0 Å². The molecule has 0 aliphatic heterocycles. The molecular formula is C19H21N2O5. The second-order valence-electron chi connectivity index (χ2n) is 6.62. The van der Waals surface area contributed by atoms with E-state index in [1.807, 2.05) is 20.8 Å². The average Bonchev–Trinajstić information content (AvgIpc) is 2.65. The van der Waals surface area contributed by atoms with Gasteiger partial charge in [0.1, 0.15) is 11.4 Å². The number of anilines is 1. The maximum atomic E-state index is 12.3. The molecule has 0 amide bonds. The van der Waals surface area contributed by atoms with Gasteiger partial charge in [0.2, 0.25) is 0 Å². The van der Waals surface area contributed by atoms with Crippen LogP contribution >= 0.6 is 0 Å². The summed E-state index contributed by atoms with van der Waals surface area (Å²) in [6.45, 7) is 5.46. The summed E-state index contributed by atoms with van der Waals surface area (Å²) in [6.07, 6.45) is 0. The number of hydrogen-bond acceptors (Lipinski definition) is 6. The van der Waals surface area contributed by atoms with Crippen molar-refractivity contribution < 1.29 is 24.3 Å². The van der Waals surface area contributed by atoms with E-state index in [2.05, 4.69) is 14.5 Å². The molecular weight excluding hydrogens is 336 g/mol. The maximum absolute atomic E-state index is 12.3. The quantitative estimate of drug-likeness (QED) is 0.616. The van der Waals surface area contributed by atoms with E-state index in [-0.39, 0.29) is 11.4 Å². The molecule has 26 heavy (non-hydrogen) atoms. The van der Waals surface area contributed by atoms with Crippen molar-refractivity contribution in [2.24, 2.45) is 0 Å². The van der Waals surface area contributed by atoms with Crippen LogP contribution < -0.4 is 5.06 Å². The minimum absolute atomic E-state index is 0.00498. The van der Waals surface area contributed by atoms with Crippen LogP contribution in [0, 0.1) is 0 Å². The second kappa shape index (κ2) is 7.53. The van der Waals surface area contributed by atoms with Gasteiger partial charge in [-0.15, -0.1) is 0 Å². The summed E-state index contributed by atoms with van der Waals surface area (Å²) in [5.41, 5.74) is 1.24. The number of hydroxylamine groups is 1. The molecule has 1 aromatic heterocycles. The first-order valence-corrected chi connectivity index (χ1v) is 7.94. The van der Waals surface area contributed by atoms with E-state index in [0.717, 1.165) is 5.06 Å². The number of carbonyl (C=O) groups is 2. The molecule has 1 aromatic carbocycles. The van der Waals surface area contributed by atoms with E-state index >= 15 is 0 Å². The summed E-state index contributed by atoms with van der Waals surface area (Å²) in [4.78, 5) is 27.6. The molecule has 1 radical (unpaired) electrons. The molecule has 0 aliphatic rings.